The molecule has 0 heterocycles. The summed E-state index contributed by atoms with van der Waals surface area (Å²) in [5.41, 5.74) is 0.128. The molecule has 0 rings (SSSR count). The van der Waals surface area contributed by atoms with Gasteiger partial charge in [0.15, 0.2) is 0 Å². The van der Waals surface area contributed by atoms with E-state index in [-0.39, 0.29) is 17.6 Å². The molecule has 0 aliphatic heterocycles. The Kier molecular flexibility index (Phi) is 8.25. The van der Waals surface area contributed by atoms with Crippen molar-refractivity contribution in [2.45, 2.75) is 46.5 Å². The summed E-state index contributed by atoms with van der Waals surface area (Å²) in [5, 5.41) is 18.3. The smallest absolute Gasteiger partial charge is 0.294 e. The van der Waals surface area contributed by atoms with E-state index in [1.807, 2.05) is 0 Å². The Morgan fingerprint density at radius 2 is 1.57 bits per heavy atom. The van der Waals surface area contributed by atoms with Gasteiger partial charge in [-0.3, -0.25) is 4.79 Å². The molecule has 9 heteroatoms. The maximum Gasteiger partial charge on any atom is 0.294 e. The Balaban J connectivity index is 4.20. The number of hydrogen-bond donors (Lipinski definition) is 0. The van der Waals surface area contributed by atoms with E-state index in [2.05, 4.69) is 30.4 Å². The van der Waals surface area contributed by atoms with Gasteiger partial charge in [0.1, 0.15) is 19.0 Å². The van der Waals surface area contributed by atoms with Gasteiger partial charge in [-0.25, -0.2) is 0 Å². The van der Waals surface area contributed by atoms with Gasteiger partial charge in [-0.2, -0.15) is 0 Å². The number of carbonyl (C=O) groups excluding carboxylic acids is 1. The molecular weight excluding hydrogens is 284 g/mol. The van der Waals surface area contributed by atoms with Crippen LogP contribution in [0, 0.1) is 31.6 Å². The summed E-state index contributed by atoms with van der Waals surface area (Å²) in [4.78, 5) is 40.4. The van der Waals surface area contributed by atoms with E-state index in [9.17, 15) is 25.0 Å². The lowest BCUT2D eigenvalue weighted by Gasteiger charge is -2.18. The number of Topliss-reactive ketones (excluding diaryl/α,β-unsaturated/α-hetero) is 1. The van der Waals surface area contributed by atoms with Crippen LogP contribution in [-0.2, 0) is 14.5 Å². The van der Waals surface area contributed by atoms with E-state index < -0.39 is 29.3 Å². The van der Waals surface area contributed by atoms with Crippen molar-refractivity contribution in [1.82, 2.24) is 0 Å². The molecule has 0 aliphatic carbocycles. The molecule has 0 N–H and O–H groups in total. The molecule has 122 valence electrons. The van der Waals surface area contributed by atoms with Gasteiger partial charge in [0.2, 0.25) is 0 Å². The van der Waals surface area contributed by atoms with Crippen LogP contribution in [0.25, 0.3) is 0 Å². The van der Waals surface area contributed by atoms with Crippen LogP contribution < -0.4 is 0 Å². The fourth-order valence-electron chi connectivity index (χ4n) is 1.74. The van der Waals surface area contributed by atoms with Crippen molar-refractivity contribution in [3.63, 3.8) is 0 Å². The zero-order valence-electron chi connectivity index (χ0n) is 12.6. The number of carbonyl (C=O) groups is 1. The van der Waals surface area contributed by atoms with Crippen LogP contribution in [0.3, 0.4) is 0 Å². The molecule has 0 aliphatic rings. The fourth-order valence-corrected chi connectivity index (χ4v) is 1.74. The van der Waals surface area contributed by atoms with Gasteiger partial charge in [-0.05, 0) is 18.3 Å². The molecule has 21 heavy (non-hydrogen) atoms. The minimum absolute atomic E-state index is 0.0359. The molecule has 0 spiro atoms. The van der Waals surface area contributed by atoms with E-state index in [1.165, 1.54) is 0 Å². The molecule has 0 saturated carbocycles. The fraction of sp³-hybridized carbons (Fsp3) is 0.917. The second-order valence-electron chi connectivity index (χ2n) is 6.06. The van der Waals surface area contributed by atoms with Crippen molar-refractivity contribution >= 4 is 5.78 Å². The Morgan fingerprint density at radius 3 is 1.95 bits per heavy atom. The standard InChI is InChI=1S/C12H22N2O7/c1-12(2,3)6-4-5-11(15)7-10(8-20-13(16)17)9-21-14(18)19/h10H,4-9H2,1-3H3. The van der Waals surface area contributed by atoms with Gasteiger partial charge in [-0.15, -0.1) is 20.2 Å². The zero-order valence-corrected chi connectivity index (χ0v) is 12.6. The first kappa shape index (κ1) is 19.1. The van der Waals surface area contributed by atoms with Crippen molar-refractivity contribution in [3.8, 4) is 0 Å². The molecule has 0 unspecified atom stereocenters. The quantitative estimate of drug-likeness (QED) is 0.423. The SMILES string of the molecule is CC(C)(C)CCCC(=O)CC(CO[N+](=O)[O-])CO[N+](=O)[O-]. The third-order valence-corrected chi connectivity index (χ3v) is 2.73. The largest absolute Gasteiger partial charge is 0.314 e. The van der Waals surface area contributed by atoms with Crippen LogP contribution in [0.1, 0.15) is 46.5 Å². The van der Waals surface area contributed by atoms with Gasteiger partial charge >= 0.3 is 0 Å². The van der Waals surface area contributed by atoms with E-state index in [0.29, 0.717) is 12.8 Å². The number of hydrogen-bond acceptors (Lipinski definition) is 7. The van der Waals surface area contributed by atoms with Crippen LogP contribution >= 0.6 is 0 Å². The minimum Gasteiger partial charge on any atom is -0.314 e. The van der Waals surface area contributed by atoms with E-state index >= 15 is 0 Å². The highest BCUT2D eigenvalue weighted by Crippen LogP contribution is 2.22. The van der Waals surface area contributed by atoms with Crippen LogP contribution in [0.4, 0.5) is 0 Å². The summed E-state index contributed by atoms with van der Waals surface area (Å²) >= 11 is 0. The highest BCUT2D eigenvalue weighted by atomic mass is 17.0. The van der Waals surface area contributed by atoms with E-state index in [1.54, 1.807) is 0 Å². The second-order valence-corrected chi connectivity index (χ2v) is 6.06. The van der Waals surface area contributed by atoms with E-state index in [0.717, 1.165) is 6.42 Å². The van der Waals surface area contributed by atoms with Gasteiger partial charge in [-0.1, -0.05) is 20.8 Å². The molecule has 0 aromatic carbocycles. The highest BCUT2D eigenvalue weighted by Gasteiger charge is 2.18. The summed E-state index contributed by atoms with van der Waals surface area (Å²) in [6.07, 6.45) is 1.89. The van der Waals surface area contributed by atoms with Crippen molar-refractivity contribution in [3.05, 3.63) is 20.2 Å². The molecule has 0 radical (unpaired) electrons. The van der Waals surface area contributed by atoms with Crippen molar-refractivity contribution < 1.29 is 24.6 Å². The maximum absolute atomic E-state index is 11.8. The van der Waals surface area contributed by atoms with Gasteiger partial charge < -0.3 is 9.68 Å². The summed E-state index contributed by atoms with van der Waals surface area (Å²) in [7, 11) is 0. The Hall–Kier alpha value is -1.93. The van der Waals surface area contributed by atoms with Crippen LogP contribution in [0.2, 0.25) is 0 Å². The molecule has 0 fully saturated rings. The molecular formula is C12H22N2O7. The zero-order chi connectivity index (χ0) is 16.5. The van der Waals surface area contributed by atoms with Gasteiger partial charge in [0.05, 0.1) is 0 Å². The molecule has 0 aromatic heterocycles. The Labute approximate surface area is 122 Å². The van der Waals surface area contributed by atoms with Crippen LogP contribution in [0.15, 0.2) is 0 Å². The van der Waals surface area contributed by atoms with Gasteiger partial charge in [0, 0.05) is 18.8 Å². The van der Waals surface area contributed by atoms with Crippen molar-refractivity contribution in [2.75, 3.05) is 13.2 Å². The van der Waals surface area contributed by atoms with Crippen molar-refractivity contribution in [2.24, 2.45) is 11.3 Å². The predicted molar refractivity (Wildman–Crippen MR) is 72.3 cm³/mol. The lowest BCUT2D eigenvalue weighted by Crippen LogP contribution is -2.23. The Bertz CT molecular complexity index is 347. The molecule has 0 saturated heterocycles. The average Bonchev–Trinajstić information content (AvgIpc) is 2.30. The van der Waals surface area contributed by atoms with Gasteiger partial charge in [0.25, 0.3) is 10.2 Å². The lowest BCUT2D eigenvalue weighted by atomic mass is 9.89. The molecule has 0 aromatic rings. The lowest BCUT2D eigenvalue weighted by molar-refractivity contribution is -0.768. The number of rotatable bonds is 11. The number of ketones is 1. The first-order chi connectivity index (χ1) is 9.60. The third-order valence-electron chi connectivity index (χ3n) is 2.73. The van der Waals surface area contributed by atoms with Crippen molar-refractivity contribution in [1.29, 1.82) is 0 Å². The van der Waals surface area contributed by atoms with Crippen LogP contribution in [-0.4, -0.2) is 29.2 Å². The predicted octanol–water partition coefficient (Wildman–Crippen LogP) is 2.19. The third kappa shape index (κ3) is 12.8. The molecule has 9 nitrogen and oxygen atoms in total. The van der Waals surface area contributed by atoms with E-state index in [4.69, 9.17) is 0 Å². The summed E-state index contributed by atoms with van der Waals surface area (Å²) < 4.78 is 0. The Morgan fingerprint density at radius 1 is 1.10 bits per heavy atom. The first-order valence-electron chi connectivity index (χ1n) is 6.66. The number of nitrogens with zero attached hydrogens (tertiary/aromatic N) is 2. The first-order valence-corrected chi connectivity index (χ1v) is 6.66. The highest BCUT2D eigenvalue weighted by molar-refractivity contribution is 5.78. The topological polar surface area (TPSA) is 122 Å². The molecule has 0 amide bonds. The summed E-state index contributed by atoms with van der Waals surface area (Å²) in [6, 6.07) is 0. The summed E-state index contributed by atoms with van der Waals surface area (Å²) in [6.45, 7) is 5.40. The average molecular weight is 306 g/mol. The summed E-state index contributed by atoms with van der Waals surface area (Å²) in [5.74, 6) is -0.814. The monoisotopic (exact) mass is 306 g/mol. The van der Waals surface area contributed by atoms with Crippen LogP contribution in [0.5, 0.6) is 0 Å². The minimum atomic E-state index is -0.997. The maximum atomic E-state index is 11.8. The normalized spacial score (nSPS) is 11.2. The second kappa shape index (κ2) is 9.09. The molecule has 0 atom stereocenters. The molecule has 0 bridgehead atoms.